The van der Waals surface area contributed by atoms with E-state index in [1.54, 1.807) is 18.2 Å². The predicted octanol–water partition coefficient (Wildman–Crippen LogP) is 3.08. The van der Waals surface area contributed by atoms with Crippen molar-refractivity contribution in [3.8, 4) is 11.5 Å². The molecule has 0 fully saturated rings. The summed E-state index contributed by atoms with van der Waals surface area (Å²) in [6.45, 7) is 3.77. The maximum absolute atomic E-state index is 10.9. The second-order valence-electron chi connectivity index (χ2n) is 4.28. The molecule has 6 heteroatoms. The number of fused-ring (bicyclic) bond motifs is 1. The van der Waals surface area contributed by atoms with Gasteiger partial charge in [0.25, 0.3) is 0 Å². The Hall–Kier alpha value is -2.01. The van der Waals surface area contributed by atoms with E-state index in [0.29, 0.717) is 16.5 Å². The number of carbonyl (C=O) groups is 1. The lowest BCUT2D eigenvalue weighted by Gasteiger charge is -2.12. The van der Waals surface area contributed by atoms with E-state index in [1.165, 1.54) is 0 Å². The van der Waals surface area contributed by atoms with Crippen molar-refractivity contribution >= 4 is 28.3 Å². The van der Waals surface area contributed by atoms with Crippen molar-refractivity contribution in [2.75, 3.05) is 0 Å². The fourth-order valence-electron chi connectivity index (χ4n) is 1.73. The molecule has 0 radical (unpaired) electrons. The second-order valence-corrected chi connectivity index (χ2v) is 4.64. The van der Waals surface area contributed by atoms with E-state index < -0.39 is 17.4 Å². The Morgan fingerprint density at radius 1 is 1.37 bits per heavy atom. The van der Waals surface area contributed by atoms with Crippen molar-refractivity contribution in [3.05, 3.63) is 29.0 Å². The van der Waals surface area contributed by atoms with Gasteiger partial charge in [-0.1, -0.05) is 11.6 Å². The number of carboxylic acids is 1. The molecule has 0 aliphatic carbocycles. The number of aromatic carboxylic acids is 1. The first-order chi connectivity index (χ1) is 8.90. The standard InChI is InChI=1S/C13H12ClNO4/c1-6(2)19-7-3-4-8-9(5-7)12(14)15-10(11(8)16)13(17)18/h3-6,16H,1-2H3,(H,17,18). The molecule has 2 N–H and O–H groups in total. The molecule has 2 rings (SSSR count). The van der Waals surface area contributed by atoms with Crippen LogP contribution in [0, 0.1) is 0 Å². The van der Waals surface area contributed by atoms with Crippen LogP contribution in [-0.2, 0) is 0 Å². The lowest BCUT2D eigenvalue weighted by molar-refractivity contribution is 0.0687. The van der Waals surface area contributed by atoms with Crippen molar-refractivity contribution in [2.24, 2.45) is 0 Å². The van der Waals surface area contributed by atoms with Gasteiger partial charge in [-0.3, -0.25) is 0 Å². The van der Waals surface area contributed by atoms with Crippen LogP contribution in [0.15, 0.2) is 18.2 Å². The topological polar surface area (TPSA) is 79.7 Å². The summed E-state index contributed by atoms with van der Waals surface area (Å²) in [5, 5.41) is 19.6. The first-order valence-corrected chi connectivity index (χ1v) is 6.00. The Morgan fingerprint density at radius 3 is 2.63 bits per heavy atom. The van der Waals surface area contributed by atoms with Crippen molar-refractivity contribution in [1.82, 2.24) is 4.98 Å². The number of pyridine rings is 1. The summed E-state index contributed by atoms with van der Waals surface area (Å²) < 4.78 is 5.51. The number of rotatable bonds is 3. The van der Waals surface area contributed by atoms with Gasteiger partial charge in [0.2, 0.25) is 0 Å². The molecular formula is C13H12ClNO4. The van der Waals surface area contributed by atoms with Gasteiger partial charge in [-0.25, -0.2) is 9.78 Å². The number of aromatic hydroxyl groups is 1. The summed E-state index contributed by atoms with van der Waals surface area (Å²) in [5.74, 6) is -1.15. The molecule has 2 aromatic rings. The fraction of sp³-hybridized carbons (Fsp3) is 0.231. The molecule has 0 bridgehead atoms. The number of nitrogens with zero attached hydrogens (tertiary/aromatic N) is 1. The molecule has 100 valence electrons. The molecule has 19 heavy (non-hydrogen) atoms. The van der Waals surface area contributed by atoms with E-state index >= 15 is 0 Å². The van der Waals surface area contributed by atoms with E-state index in [-0.39, 0.29) is 11.3 Å². The van der Waals surface area contributed by atoms with Crippen molar-refractivity contribution < 1.29 is 19.7 Å². The highest BCUT2D eigenvalue weighted by Gasteiger charge is 2.18. The van der Waals surface area contributed by atoms with Gasteiger partial charge in [-0.05, 0) is 32.0 Å². The third-order valence-electron chi connectivity index (χ3n) is 2.48. The first-order valence-electron chi connectivity index (χ1n) is 5.62. The minimum absolute atomic E-state index is 0.00363. The van der Waals surface area contributed by atoms with E-state index in [9.17, 15) is 9.90 Å². The van der Waals surface area contributed by atoms with Crippen LogP contribution in [0.3, 0.4) is 0 Å². The summed E-state index contributed by atoms with van der Waals surface area (Å²) in [4.78, 5) is 14.6. The number of halogens is 1. The molecule has 5 nitrogen and oxygen atoms in total. The van der Waals surface area contributed by atoms with Crippen LogP contribution < -0.4 is 4.74 Å². The highest BCUT2D eigenvalue weighted by atomic mass is 35.5. The third-order valence-corrected chi connectivity index (χ3v) is 2.77. The van der Waals surface area contributed by atoms with Crippen LogP contribution in [-0.4, -0.2) is 27.3 Å². The Balaban J connectivity index is 2.65. The van der Waals surface area contributed by atoms with E-state index in [0.717, 1.165) is 0 Å². The van der Waals surface area contributed by atoms with Crippen LogP contribution in [0.2, 0.25) is 5.15 Å². The number of benzene rings is 1. The van der Waals surface area contributed by atoms with Crippen LogP contribution in [0.5, 0.6) is 11.5 Å². The number of aromatic nitrogens is 1. The zero-order chi connectivity index (χ0) is 14.2. The minimum Gasteiger partial charge on any atom is -0.505 e. The quantitative estimate of drug-likeness (QED) is 0.845. The normalized spacial score (nSPS) is 10.9. The SMILES string of the molecule is CC(C)Oc1ccc2c(O)c(C(=O)O)nc(Cl)c2c1. The monoisotopic (exact) mass is 281 g/mol. The smallest absolute Gasteiger partial charge is 0.358 e. The van der Waals surface area contributed by atoms with Crippen molar-refractivity contribution in [3.63, 3.8) is 0 Å². The summed E-state index contributed by atoms with van der Waals surface area (Å²) in [5.41, 5.74) is -0.463. The number of hydrogen-bond acceptors (Lipinski definition) is 4. The molecule has 0 aliphatic heterocycles. The largest absolute Gasteiger partial charge is 0.505 e. The Kier molecular flexibility index (Phi) is 3.48. The fourth-order valence-corrected chi connectivity index (χ4v) is 1.97. The molecule has 1 aromatic heterocycles. The highest BCUT2D eigenvalue weighted by molar-refractivity contribution is 6.34. The lowest BCUT2D eigenvalue weighted by Crippen LogP contribution is -2.05. The van der Waals surface area contributed by atoms with Gasteiger partial charge in [0.05, 0.1) is 6.10 Å². The molecule has 0 saturated heterocycles. The lowest BCUT2D eigenvalue weighted by atomic mass is 10.1. The zero-order valence-corrected chi connectivity index (χ0v) is 11.1. The molecule has 1 heterocycles. The van der Waals surface area contributed by atoms with Crippen molar-refractivity contribution in [1.29, 1.82) is 0 Å². The first kappa shape index (κ1) is 13.4. The van der Waals surface area contributed by atoms with E-state index in [2.05, 4.69) is 4.98 Å². The van der Waals surface area contributed by atoms with Crippen LogP contribution in [0.1, 0.15) is 24.3 Å². The predicted molar refractivity (Wildman–Crippen MR) is 71.1 cm³/mol. The molecule has 0 unspecified atom stereocenters. The van der Waals surface area contributed by atoms with Crippen LogP contribution in [0.4, 0.5) is 0 Å². The van der Waals surface area contributed by atoms with Gasteiger partial charge in [0.15, 0.2) is 11.4 Å². The summed E-state index contributed by atoms with van der Waals surface area (Å²) >= 11 is 5.95. The Labute approximate surface area is 114 Å². The molecule has 0 amide bonds. The van der Waals surface area contributed by atoms with Gasteiger partial charge in [-0.2, -0.15) is 0 Å². The number of ether oxygens (including phenoxy) is 1. The van der Waals surface area contributed by atoms with Crippen LogP contribution >= 0.6 is 11.6 Å². The van der Waals surface area contributed by atoms with Gasteiger partial charge < -0.3 is 14.9 Å². The molecule has 0 saturated carbocycles. The van der Waals surface area contributed by atoms with E-state index in [1.807, 2.05) is 13.8 Å². The second kappa shape index (κ2) is 4.93. The molecule has 0 aliphatic rings. The maximum Gasteiger partial charge on any atom is 0.358 e. The Morgan fingerprint density at radius 2 is 2.05 bits per heavy atom. The minimum atomic E-state index is -1.33. The third kappa shape index (κ3) is 2.56. The Bertz CT molecular complexity index is 655. The number of hydrogen-bond donors (Lipinski definition) is 2. The average molecular weight is 282 g/mol. The van der Waals surface area contributed by atoms with Gasteiger partial charge in [-0.15, -0.1) is 0 Å². The summed E-state index contributed by atoms with van der Waals surface area (Å²) in [6, 6.07) is 4.82. The highest BCUT2D eigenvalue weighted by Crippen LogP contribution is 2.34. The summed E-state index contributed by atoms with van der Waals surface area (Å²) in [6.07, 6.45) is -0.00363. The van der Waals surface area contributed by atoms with Crippen molar-refractivity contribution in [2.45, 2.75) is 20.0 Å². The molecule has 0 atom stereocenters. The van der Waals surface area contributed by atoms with Gasteiger partial charge in [0.1, 0.15) is 10.9 Å². The maximum atomic E-state index is 10.9. The molecule has 0 spiro atoms. The zero-order valence-electron chi connectivity index (χ0n) is 10.3. The molecule has 1 aromatic carbocycles. The summed E-state index contributed by atoms with van der Waals surface area (Å²) in [7, 11) is 0. The van der Waals surface area contributed by atoms with Crippen LogP contribution in [0.25, 0.3) is 10.8 Å². The van der Waals surface area contributed by atoms with Gasteiger partial charge in [0, 0.05) is 10.8 Å². The molecular weight excluding hydrogens is 270 g/mol. The average Bonchev–Trinajstić information content (AvgIpc) is 2.32. The van der Waals surface area contributed by atoms with Gasteiger partial charge >= 0.3 is 5.97 Å². The van der Waals surface area contributed by atoms with E-state index in [4.69, 9.17) is 21.4 Å². The number of carboxylic acid groups (broad SMARTS) is 1.